The lowest BCUT2D eigenvalue weighted by atomic mass is 9.96. The van der Waals surface area contributed by atoms with Crippen molar-refractivity contribution in [1.82, 2.24) is 0 Å². The van der Waals surface area contributed by atoms with E-state index >= 15 is 0 Å². The van der Waals surface area contributed by atoms with E-state index in [0.29, 0.717) is 18.6 Å². The van der Waals surface area contributed by atoms with Crippen molar-refractivity contribution in [2.75, 3.05) is 6.61 Å². The molecule has 0 fully saturated rings. The highest BCUT2D eigenvalue weighted by Gasteiger charge is 2.22. The fourth-order valence-corrected chi connectivity index (χ4v) is 3.24. The number of hydrogen-bond acceptors (Lipinski definition) is 2. The average Bonchev–Trinajstić information content (AvgIpc) is 2.89. The monoisotopic (exact) mass is 344 g/mol. The molecule has 2 nitrogen and oxygen atoms in total. The van der Waals surface area contributed by atoms with Crippen LogP contribution in [0.4, 0.5) is 0 Å². The van der Waals surface area contributed by atoms with Crippen molar-refractivity contribution in [2.24, 2.45) is 0 Å². The zero-order chi connectivity index (χ0) is 15.0. The van der Waals surface area contributed by atoms with Gasteiger partial charge in [0.1, 0.15) is 5.75 Å². The van der Waals surface area contributed by atoms with E-state index in [-0.39, 0.29) is 5.78 Å². The van der Waals surface area contributed by atoms with Crippen molar-refractivity contribution >= 4 is 21.7 Å². The molecule has 0 amide bonds. The summed E-state index contributed by atoms with van der Waals surface area (Å²) in [6.07, 6.45) is 1.29. The lowest BCUT2D eigenvalue weighted by molar-refractivity contribution is 0.0989. The number of Topliss-reactive ketones (excluding diaryl/α,β-unsaturated/α-hetero) is 1. The van der Waals surface area contributed by atoms with Crippen molar-refractivity contribution < 1.29 is 9.53 Å². The fraction of sp³-hybridized carbons (Fsp3) is 0.278. The molecule has 1 aliphatic rings. The number of rotatable bonds is 3. The number of benzene rings is 2. The highest BCUT2D eigenvalue weighted by Crippen LogP contribution is 2.33. The van der Waals surface area contributed by atoms with Gasteiger partial charge in [-0.2, -0.15) is 0 Å². The number of fused-ring (bicyclic) bond motifs is 1. The molecule has 0 bridgehead atoms. The van der Waals surface area contributed by atoms with Gasteiger partial charge >= 0.3 is 0 Å². The molecule has 0 unspecified atom stereocenters. The first-order chi connectivity index (χ1) is 10.0. The van der Waals surface area contributed by atoms with Crippen molar-refractivity contribution in [3.8, 4) is 5.75 Å². The van der Waals surface area contributed by atoms with Crippen LogP contribution in [0.1, 0.15) is 32.6 Å². The first-order valence-corrected chi connectivity index (χ1v) is 7.88. The van der Waals surface area contributed by atoms with Crippen molar-refractivity contribution in [3.63, 3.8) is 0 Å². The van der Waals surface area contributed by atoms with Gasteiger partial charge in [-0.3, -0.25) is 4.79 Å². The zero-order valence-corrected chi connectivity index (χ0v) is 13.8. The highest BCUT2D eigenvalue weighted by atomic mass is 79.9. The first kappa shape index (κ1) is 14.3. The standard InChI is InChI=1S/C18H17BrO2/c1-11-3-4-12(2)14(7-11)9-17(20)16-10-15(19)8-13-5-6-21-18(13)16/h3-4,7-8,10H,5-6,9H2,1-2H3. The molecule has 3 rings (SSSR count). The van der Waals surface area contributed by atoms with E-state index in [4.69, 9.17) is 4.74 Å². The zero-order valence-electron chi connectivity index (χ0n) is 12.2. The minimum absolute atomic E-state index is 0.114. The van der Waals surface area contributed by atoms with Crippen LogP contribution in [0.5, 0.6) is 5.75 Å². The van der Waals surface area contributed by atoms with E-state index in [9.17, 15) is 4.79 Å². The Labute approximate surface area is 133 Å². The summed E-state index contributed by atoms with van der Waals surface area (Å²) in [7, 11) is 0. The molecule has 21 heavy (non-hydrogen) atoms. The maximum atomic E-state index is 12.7. The molecule has 0 saturated carbocycles. The van der Waals surface area contributed by atoms with E-state index in [1.165, 1.54) is 5.56 Å². The number of aryl methyl sites for hydroxylation is 2. The molecule has 1 aliphatic heterocycles. The summed E-state index contributed by atoms with van der Waals surface area (Å²) in [5.74, 6) is 0.886. The molecule has 0 spiro atoms. The normalized spacial score (nSPS) is 12.9. The van der Waals surface area contributed by atoms with Crippen LogP contribution in [-0.2, 0) is 12.8 Å². The first-order valence-electron chi connectivity index (χ1n) is 7.09. The summed E-state index contributed by atoms with van der Waals surface area (Å²) in [6.45, 7) is 4.76. The van der Waals surface area contributed by atoms with Gasteiger partial charge in [-0.15, -0.1) is 0 Å². The summed E-state index contributed by atoms with van der Waals surface area (Å²) < 4.78 is 6.60. The third-order valence-electron chi connectivity index (χ3n) is 3.90. The second-order valence-corrected chi connectivity index (χ2v) is 6.49. The predicted octanol–water partition coefficient (Wildman–Crippen LogP) is 4.43. The van der Waals surface area contributed by atoms with Crippen LogP contribution in [-0.4, -0.2) is 12.4 Å². The lowest BCUT2D eigenvalue weighted by Crippen LogP contribution is -2.07. The number of ether oxygens (including phenoxy) is 1. The van der Waals surface area contributed by atoms with E-state index in [1.54, 1.807) is 0 Å². The maximum absolute atomic E-state index is 12.7. The van der Waals surface area contributed by atoms with E-state index < -0.39 is 0 Å². The van der Waals surface area contributed by atoms with E-state index in [1.807, 2.05) is 26.0 Å². The Bertz CT molecular complexity index is 719. The van der Waals surface area contributed by atoms with Gasteiger partial charge in [-0.1, -0.05) is 39.7 Å². The van der Waals surface area contributed by atoms with Crippen LogP contribution in [0.15, 0.2) is 34.8 Å². The SMILES string of the molecule is Cc1ccc(C)c(CC(=O)c2cc(Br)cc3c2OCC3)c1. The molecule has 0 radical (unpaired) electrons. The quantitative estimate of drug-likeness (QED) is 0.770. The molecule has 3 heteroatoms. The summed E-state index contributed by atoms with van der Waals surface area (Å²) in [5, 5.41) is 0. The minimum Gasteiger partial charge on any atom is -0.492 e. The van der Waals surface area contributed by atoms with Gasteiger partial charge < -0.3 is 4.74 Å². The molecule has 1 heterocycles. The Hall–Kier alpha value is -1.61. The van der Waals surface area contributed by atoms with Gasteiger partial charge in [0, 0.05) is 17.3 Å². The Morgan fingerprint density at radius 1 is 1.24 bits per heavy atom. The lowest BCUT2D eigenvalue weighted by Gasteiger charge is -2.10. The summed E-state index contributed by atoms with van der Waals surface area (Å²) in [5.41, 5.74) is 5.24. The number of halogens is 1. The summed E-state index contributed by atoms with van der Waals surface area (Å²) in [6, 6.07) is 10.1. The predicted molar refractivity (Wildman–Crippen MR) is 87.3 cm³/mol. The Morgan fingerprint density at radius 2 is 2.05 bits per heavy atom. The third kappa shape index (κ3) is 2.88. The molecular weight excluding hydrogens is 328 g/mol. The number of carbonyl (C=O) groups is 1. The molecule has 0 N–H and O–H groups in total. The van der Waals surface area contributed by atoms with Gasteiger partial charge in [0.15, 0.2) is 5.78 Å². The van der Waals surface area contributed by atoms with Crippen LogP contribution in [0.3, 0.4) is 0 Å². The maximum Gasteiger partial charge on any atom is 0.171 e. The number of ketones is 1. The topological polar surface area (TPSA) is 26.3 Å². The minimum atomic E-state index is 0.114. The van der Waals surface area contributed by atoms with Gasteiger partial charge in [-0.25, -0.2) is 0 Å². The summed E-state index contributed by atoms with van der Waals surface area (Å²) in [4.78, 5) is 12.7. The molecular formula is C18H17BrO2. The average molecular weight is 345 g/mol. The molecule has 0 saturated heterocycles. The summed E-state index contributed by atoms with van der Waals surface area (Å²) >= 11 is 3.49. The molecule has 0 atom stereocenters. The van der Waals surface area contributed by atoms with Crippen LogP contribution in [0.2, 0.25) is 0 Å². The second kappa shape index (κ2) is 5.64. The highest BCUT2D eigenvalue weighted by molar-refractivity contribution is 9.10. The Kier molecular flexibility index (Phi) is 3.85. The van der Waals surface area contributed by atoms with E-state index in [0.717, 1.165) is 33.3 Å². The van der Waals surface area contributed by atoms with Crippen LogP contribution < -0.4 is 4.74 Å². The van der Waals surface area contributed by atoms with Gasteiger partial charge in [0.25, 0.3) is 0 Å². The van der Waals surface area contributed by atoms with Crippen molar-refractivity contribution in [2.45, 2.75) is 26.7 Å². The smallest absolute Gasteiger partial charge is 0.171 e. The van der Waals surface area contributed by atoms with Gasteiger partial charge in [0.05, 0.1) is 12.2 Å². The van der Waals surface area contributed by atoms with Crippen molar-refractivity contribution in [1.29, 1.82) is 0 Å². The molecule has 108 valence electrons. The molecule has 2 aromatic carbocycles. The third-order valence-corrected chi connectivity index (χ3v) is 4.36. The largest absolute Gasteiger partial charge is 0.492 e. The molecule has 2 aromatic rings. The van der Waals surface area contributed by atoms with Gasteiger partial charge in [-0.05, 0) is 42.7 Å². The van der Waals surface area contributed by atoms with Crippen LogP contribution >= 0.6 is 15.9 Å². The number of hydrogen-bond donors (Lipinski definition) is 0. The van der Waals surface area contributed by atoms with Gasteiger partial charge in [0.2, 0.25) is 0 Å². The Morgan fingerprint density at radius 3 is 2.86 bits per heavy atom. The van der Waals surface area contributed by atoms with Crippen LogP contribution in [0.25, 0.3) is 0 Å². The molecule has 0 aromatic heterocycles. The Balaban J connectivity index is 1.95. The fourth-order valence-electron chi connectivity index (χ4n) is 2.74. The second-order valence-electron chi connectivity index (χ2n) is 5.57. The number of carbonyl (C=O) groups excluding carboxylic acids is 1. The van der Waals surface area contributed by atoms with Crippen molar-refractivity contribution in [3.05, 3.63) is 62.6 Å². The van der Waals surface area contributed by atoms with Crippen LogP contribution in [0, 0.1) is 13.8 Å². The molecule has 0 aliphatic carbocycles. The van der Waals surface area contributed by atoms with E-state index in [2.05, 4.69) is 34.1 Å².